The van der Waals surface area contributed by atoms with Crippen LogP contribution in [-0.2, 0) is 15.8 Å². The molecule has 0 spiro atoms. The van der Waals surface area contributed by atoms with Gasteiger partial charge in [-0.3, -0.25) is 0 Å². The van der Waals surface area contributed by atoms with Crippen LogP contribution < -0.4 is 9.64 Å². The van der Waals surface area contributed by atoms with Gasteiger partial charge >= 0.3 is 12.4 Å². The molecule has 176 valence electrons. The van der Waals surface area contributed by atoms with Crippen molar-refractivity contribution in [1.82, 2.24) is 14.4 Å². The minimum atomic E-state index is -4.76. The van der Waals surface area contributed by atoms with Crippen LogP contribution in [0.25, 0.3) is 11.4 Å². The fourth-order valence-electron chi connectivity index (χ4n) is 3.12. The second-order valence-corrected chi connectivity index (χ2v) is 8.44. The highest BCUT2D eigenvalue weighted by molar-refractivity contribution is 7.82. The van der Waals surface area contributed by atoms with Crippen LogP contribution in [0.2, 0.25) is 0 Å². The Balaban J connectivity index is 0.00000149. The van der Waals surface area contributed by atoms with Crippen LogP contribution in [0, 0.1) is 6.92 Å². The van der Waals surface area contributed by atoms with Crippen LogP contribution in [-0.4, -0.2) is 58.0 Å². The predicted molar refractivity (Wildman–Crippen MR) is 115 cm³/mol. The number of alkyl halides is 3. The third-order valence-corrected chi connectivity index (χ3v) is 6.24. The highest BCUT2D eigenvalue weighted by Gasteiger charge is 2.31. The van der Waals surface area contributed by atoms with Gasteiger partial charge < -0.3 is 19.0 Å². The molecular formula is C21H21F3N4O4S. The number of halogens is 3. The molecular weight excluding hydrogens is 461 g/mol. The van der Waals surface area contributed by atoms with Crippen molar-refractivity contribution >= 4 is 23.8 Å². The van der Waals surface area contributed by atoms with Gasteiger partial charge in [-0.25, -0.2) is 8.51 Å². The number of rotatable bonds is 5. The zero-order chi connectivity index (χ0) is 24.0. The lowest BCUT2D eigenvalue weighted by molar-refractivity contribution is -0.274. The predicted octanol–water partition coefficient (Wildman–Crippen LogP) is 3.60. The summed E-state index contributed by atoms with van der Waals surface area (Å²) in [5.41, 5.74) is 2.00. The fraction of sp³-hybridized carbons (Fsp3) is 0.286. The third-order valence-electron chi connectivity index (χ3n) is 4.73. The number of carbonyl (C=O) groups excluding carboxylic acids is 1. The van der Waals surface area contributed by atoms with Crippen LogP contribution in [0.4, 0.5) is 19.2 Å². The minimum absolute atomic E-state index is 0.348. The van der Waals surface area contributed by atoms with E-state index in [0.717, 1.165) is 23.3 Å². The van der Waals surface area contributed by atoms with E-state index < -0.39 is 17.3 Å². The summed E-state index contributed by atoms with van der Waals surface area (Å²) in [6.07, 6.45) is -4.76. The molecule has 2 heterocycles. The second-order valence-electron chi connectivity index (χ2n) is 6.95. The molecule has 0 amide bonds. The first-order chi connectivity index (χ1) is 15.8. The average Bonchev–Trinajstić information content (AvgIpc) is 3.30. The van der Waals surface area contributed by atoms with Crippen LogP contribution in [0.3, 0.4) is 0 Å². The highest BCUT2D eigenvalue weighted by atomic mass is 32.2. The van der Waals surface area contributed by atoms with Gasteiger partial charge in [0.2, 0.25) is 5.82 Å². The summed E-state index contributed by atoms with van der Waals surface area (Å²) >= 11 is 0. The number of piperazine rings is 1. The zero-order valence-corrected chi connectivity index (χ0v) is 18.4. The Morgan fingerprint density at radius 1 is 1.00 bits per heavy atom. The van der Waals surface area contributed by atoms with Crippen molar-refractivity contribution in [2.24, 2.45) is 0 Å². The second kappa shape index (κ2) is 10.6. The van der Waals surface area contributed by atoms with E-state index in [0.29, 0.717) is 42.9 Å². The van der Waals surface area contributed by atoms with Crippen molar-refractivity contribution in [1.29, 1.82) is 0 Å². The molecule has 1 aliphatic rings. The molecule has 2 aromatic carbocycles. The number of aromatic nitrogens is 2. The Hall–Kier alpha value is -3.25. The minimum Gasteiger partial charge on any atom is -0.406 e. The Bertz CT molecular complexity index is 1070. The van der Waals surface area contributed by atoms with Gasteiger partial charge in [0.25, 0.3) is 0 Å². The molecule has 1 atom stereocenters. The molecule has 1 fully saturated rings. The van der Waals surface area contributed by atoms with Crippen molar-refractivity contribution in [3.8, 4) is 17.1 Å². The lowest BCUT2D eigenvalue weighted by atomic mass is 10.1. The van der Waals surface area contributed by atoms with Crippen LogP contribution in [0.5, 0.6) is 5.75 Å². The van der Waals surface area contributed by atoms with Gasteiger partial charge in [0.1, 0.15) is 23.5 Å². The van der Waals surface area contributed by atoms with E-state index in [4.69, 9.17) is 9.32 Å². The summed E-state index contributed by atoms with van der Waals surface area (Å²) in [6.45, 7) is 5.98. The largest absolute Gasteiger partial charge is 0.573 e. The van der Waals surface area contributed by atoms with Crippen LogP contribution >= 0.6 is 0 Å². The summed E-state index contributed by atoms with van der Waals surface area (Å²) in [4.78, 5) is 14.8. The zero-order valence-electron chi connectivity index (χ0n) is 17.6. The first-order valence-corrected chi connectivity index (χ1v) is 10.9. The Morgan fingerprint density at radius 2 is 1.61 bits per heavy atom. The third kappa shape index (κ3) is 6.39. The maximum atomic E-state index is 12.8. The Kier molecular flexibility index (Phi) is 7.82. The lowest BCUT2D eigenvalue weighted by Crippen LogP contribution is -2.47. The highest BCUT2D eigenvalue weighted by Crippen LogP contribution is 2.25. The standard InChI is InChI=1S/C20H19F3N4O3S.CH2O/c1-14-2-4-15(5-3-14)18-24-19(30-25-18)26-10-12-27(13-11-26)31(28)17-8-6-16(7-9-17)29-20(21,22)23;1-2/h2-9H,10-13H2,1H3;1H2. The molecule has 1 saturated heterocycles. The van der Waals surface area contributed by atoms with E-state index in [-0.39, 0.29) is 5.75 Å². The molecule has 3 aromatic rings. The van der Waals surface area contributed by atoms with E-state index in [1.807, 2.05) is 42.9 Å². The fourth-order valence-corrected chi connectivity index (χ4v) is 4.28. The maximum Gasteiger partial charge on any atom is 0.573 e. The summed E-state index contributed by atoms with van der Waals surface area (Å²) in [5.74, 6) is 0.154. The summed E-state index contributed by atoms with van der Waals surface area (Å²) < 4.78 is 60.5. The normalized spacial score (nSPS) is 15.5. The van der Waals surface area contributed by atoms with Crippen molar-refractivity contribution in [2.75, 3.05) is 31.1 Å². The van der Waals surface area contributed by atoms with Gasteiger partial charge in [-0.2, -0.15) is 4.98 Å². The van der Waals surface area contributed by atoms with E-state index in [9.17, 15) is 17.4 Å². The topological polar surface area (TPSA) is 88.8 Å². The number of anilines is 1. The summed E-state index contributed by atoms with van der Waals surface area (Å²) in [7, 11) is -1.50. The van der Waals surface area contributed by atoms with E-state index in [2.05, 4.69) is 14.9 Å². The molecule has 0 aliphatic carbocycles. The van der Waals surface area contributed by atoms with Crippen molar-refractivity contribution in [3.63, 3.8) is 0 Å². The van der Waals surface area contributed by atoms with Crippen LogP contribution in [0.15, 0.2) is 57.9 Å². The Labute approximate surface area is 190 Å². The Morgan fingerprint density at radius 3 is 2.18 bits per heavy atom. The van der Waals surface area contributed by atoms with Gasteiger partial charge in [-0.1, -0.05) is 35.0 Å². The number of hydrogen-bond donors (Lipinski definition) is 0. The van der Waals surface area contributed by atoms with Crippen LogP contribution in [0.1, 0.15) is 5.56 Å². The summed E-state index contributed by atoms with van der Waals surface area (Å²) in [6, 6.07) is 13.2. The van der Waals surface area contributed by atoms with Gasteiger partial charge in [-0.15, -0.1) is 13.2 Å². The smallest absolute Gasteiger partial charge is 0.406 e. The van der Waals surface area contributed by atoms with Gasteiger partial charge in [0.15, 0.2) is 0 Å². The van der Waals surface area contributed by atoms with Gasteiger partial charge in [0.05, 0.1) is 4.90 Å². The number of benzene rings is 2. The molecule has 0 N–H and O–H groups in total. The molecule has 0 bridgehead atoms. The molecule has 0 radical (unpaired) electrons. The first kappa shape index (κ1) is 24.4. The van der Waals surface area contributed by atoms with Crippen molar-refractivity contribution < 1.29 is 31.4 Å². The molecule has 33 heavy (non-hydrogen) atoms. The monoisotopic (exact) mass is 482 g/mol. The summed E-state index contributed by atoms with van der Waals surface area (Å²) in [5, 5.41) is 4.03. The number of aryl methyl sites for hydroxylation is 1. The van der Waals surface area contributed by atoms with Gasteiger partial charge in [0, 0.05) is 31.7 Å². The molecule has 12 heteroatoms. The number of carbonyl (C=O) groups is 1. The van der Waals surface area contributed by atoms with Crippen molar-refractivity contribution in [2.45, 2.75) is 18.2 Å². The molecule has 1 aromatic heterocycles. The molecule has 1 unspecified atom stereocenters. The molecule has 0 saturated carbocycles. The molecule has 8 nitrogen and oxygen atoms in total. The average molecular weight is 482 g/mol. The lowest BCUT2D eigenvalue weighted by Gasteiger charge is -2.32. The number of nitrogens with zero attached hydrogens (tertiary/aromatic N) is 4. The first-order valence-electron chi connectivity index (χ1n) is 9.76. The van der Waals surface area contributed by atoms with E-state index in [1.165, 1.54) is 12.1 Å². The van der Waals surface area contributed by atoms with Gasteiger partial charge in [-0.05, 0) is 31.2 Å². The maximum absolute atomic E-state index is 12.8. The molecule has 1 aliphatic heterocycles. The molecule has 4 rings (SSSR count). The quantitative estimate of drug-likeness (QED) is 0.549. The van der Waals surface area contributed by atoms with Crippen molar-refractivity contribution in [3.05, 3.63) is 54.1 Å². The number of ether oxygens (including phenoxy) is 1. The SMILES string of the molecule is C=O.Cc1ccc(-c2noc(N3CCN(S(=O)c4ccc(OC(F)(F)F)cc4)CC3)n2)cc1. The van der Waals surface area contributed by atoms with E-state index in [1.54, 1.807) is 4.31 Å². The number of hydrogen-bond acceptors (Lipinski definition) is 7. The van der Waals surface area contributed by atoms with E-state index >= 15 is 0 Å².